The van der Waals surface area contributed by atoms with Crippen LogP contribution in [0.5, 0.6) is 5.75 Å². The van der Waals surface area contributed by atoms with Crippen LogP contribution in [0.15, 0.2) is 30.0 Å². The molecule has 0 amide bonds. The second kappa shape index (κ2) is 4.00. The Kier molecular flexibility index (Phi) is 2.27. The maximum Gasteiger partial charge on any atom is 0.335 e. The molecule has 0 aromatic heterocycles. The molecule has 4 rings (SSSR count). The number of rotatable bonds is 1. The predicted molar refractivity (Wildman–Crippen MR) is 76.8 cm³/mol. The highest BCUT2D eigenvalue weighted by Gasteiger charge is 2.27. The van der Waals surface area contributed by atoms with Gasteiger partial charge in [0.25, 0.3) is 0 Å². The molecule has 3 heterocycles. The van der Waals surface area contributed by atoms with Gasteiger partial charge in [-0.1, -0.05) is 18.2 Å². The molecule has 0 saturated heterocycles. The second-order valence-electron chi connectivity index (χ2n) is 5.12. The number of carboxylic acids is 1. The molecule has 0 spiro atoms. The standard InChI is InChI=1S/C16H13NO3/c18-16(19)12-8-11-7-10-3-1-5-17-6-2-4-13(14(10)17)15(11)20-9-12/h1-3,6-8H,4-5,9H2,(H,18,19). The van der Waals surface area contributed by atoms with E-state index in [1.807, 2.05) is 6.07 Å². The summed E-state index contributed by atoms with van der Waals surface area (Å²) >= 11 is 0. The number of allylic oxidation sites excluding steroid dienone is 1. The minimum absolute atomic E-state index is 0.133. The monoisotopic (exact) mass is 267 g/mol. The summed E-state index contributed by atoms with van der Waals surface area (Å²) in [5.74, 6) is -0.0857. The third-order valence-electron chi connectivity index (χ3n) is 3.88. The molecule has 3 aliphatic heterocycles. The summed E-state index contributed by atoms with van der Waals surface area (Å²) in [6, 6.07) is 2.01. The highest BCUT2D eigenvalue weighted by atomic mass is 16.5. The highest BCUT2D eigenvalue weighted by molar-refractivity contribution is 5.95. The van der Waals surface area contributed by atoms with Crippen molar-refractivity contribution in [1.82, 2.24) is 0 Å². The molecule has 0 unspecified atom stereocenters. The van der Waals surface area contributed by atoms with Gasteiger partial charge < -0.3 is 14.7 Å². The lowest BCUT2D eigenvalue weighted by Gasteiger charge is -2.33. The number of hydrogen-bond acceptors (Lipinski definition) is 3. The number of benzene rings is 1. The van der Waals surface area contributed by atoms with E-state index in [1.54, 1.807) is 6.08 Å². The van der Waals surface area contributed by atoms with Crippen molar-refractivity contribution in [3.63, 3.8) is 0 Å². The first-order valence-corrected chi connectivity index (χ1v) is 6.60. The van der Waals surface area contributed by atoms with Crippen molar-refractivity contribution in [2.75, 3.05) is 18.1 Å². The van der Waals surface area contributed by atoms with Gasteiger partial charge in [0.15, 0.2) is 0 Å². The Balaban J connectivity index is 1.95. The number of nitrogens with zero attached hydrogens (tertiary/aromatic N) is 1. The van der Waals surface area contributed by atoms with Crippen molar-refractivity contribution in [2.45, 2.75) is 6.42 Å². The lowest BCUT2D eigenvalue weighted by molar-refractivity contribution is -0.132. The number of ether oxygens (including phenoxy) is 1. The Hall–Kier alpha value is -2.49. The highest BCUT2D eigenvalue weighted by Crippen LogP contribution is 2.43. The van der Waals surface area contributed by atoms with E-state index in [0.717, 1.165) is 35.4 Å². The molecule has 0 atom stereocenters. The van der Waals surface area contributed by atoms with Crippen LogP contribution in [-0.4, -0.2) is 24.2 Å². The van der Waals surface area contributed by atoms with Gasteiger partial charge in [0.1, 0.15) is 12.4 Å². The van der Waals surface area contributed by atoms with Crippen molar-refractivity contribution in [3.8, 4) is 5.75 Å². The SMILES string of the molecule is O=C(O)C1=Cc2cc3c4c(c2OC1)CC=CN4CC=C3. The Morgan fingerprint density at radius 3 is 3.05 bits per heavy atom. The summed E-state index contributed by atoms with van der Waals surface area (Å²) in [4.78, 5) is 13.3. The third kappa shape index (κ3) is 1.51. The second-order valence-corrected chi connectivity index (χ2v) is 5.12. The molecular formula is C16H13NO3. The number of anilines is 1. The fourth-order valence-corrected chi connectivity index (χ4v) is 3.01. The van der Waals surface area contributed by atoms with Gasteiger partial charge >= 0.3 is 5.97 Å². The van der Waals surface area contributed by atoms with Crippen molar-refractivity contribution in [3.05, 3.63) is 46.7 Å². The number of carbonyl (C=O) groups is 1. The summed E-state index contributed by atoms with van der Waals surface area (Å²) in [6.45, 7) is 0.999. The smallest absolute Gasteiger partial charge is 0.335 e. The fourth-order valence-electron chi connectivity index (χ4n) is 3.01. The molecule has 0 bridgehead atoms. The zero-order valence-electron chi connectivity index (χ0n) is 10.8. The zero-order chi connectivity index (χ0) is 13.7. The van der Waals surface area contributed by atoms with Crippen LogP contribution in [0.4, 0.5) is 5.69 Å². The number of aliphatic carboxylic acids is 1. The lowest BCUT2D eigenvalue weighted by atomic mass is 9.92. The van der Waals surface area contributed by atoms with E-state index in [-0.39, 0.29) is 6.61 Å². The maximum absolute atomic E-state index is 11.1. The first-order valence-electron chi connectivity index (χ1n) is 6.60. The van der Waals surface area contributed by atoms with Crippen molar-refractivity contribution in [1.29, 1.82) is 0 Å². The third-order valence-corrected chi connectivity index (χ3v) is 3.88. The summed E-state index contributed by atoms with van der Waals surface area (Å²) < 4.78 is 5.73. The summed E-state index contributed by atoms with van der Waals surface area (Å²) in [5, 5.41) is 9.10. The van der Waals surface area contributed by atoms with Crippen molar-refractivity contribution < 1.29 is 14.6 Å². The molecule has 0 fully saturated rings. The lowest BCUT2D eigenvalue weighted by Crippen LogP contribution is -2.25. The van der Waals surface area contributed by atoms with Crippen LogP contribution >= 0.6 is 0 Å². The summed E-state index contributed by atoms with van der Waals surface area (Å²) in [5.41, 5.74) is 4.64. The van der Waals surface area contributed by atoms with Crippen LogP contribution in [0, 0.1) is 0 Å². The Labute approximate surface area is 116 Å². The first-order chi connectivity index (χ1) is 9.74. The van der Waals surface area contributed by atoms with Gasteiger partial charge in [-0.15, -0.1) is 0 Å². The van der Waals surface area contributed by atoms with Gasteiger partial charge in [0.05, 0.1) is 11.3 Å². The van der Waals surface area contributed by atoms with Crippen LogP contribution in [0.25, 0.3) is 12.2 Å². The van der Waals surface area contributed by atoms with E-state index in [1.165, 1.54) is 5.69 Å². The van der Waals surface area contributed by atoms with E-state index in [4.69, 9.17) is 9.84 Å². The molecule has 0 saturated carbocycles. The van der Waals surface area contributed by atoms with Crippen LogP contribution in [0.1, 0.15) is 16.7 Å². The van der Waals surface area contributed by atoms with Gasteiger partial charge in [-0.25, -0.2) is 4.79 Å². The molecular weight excluding hydrogens is 254 g/mol. The molecule has 20 heavy (non-hydrogen) atoms. The van der Waals surface area contributed by atoms with Crippen molar-refractivity contribution in [2.24, 2.45) is 0 Å². The quantitative estimate of drug-likeness (QED) is 0.849. The van der Waals surface area contributed by atoms with Gasteiger partial charge in [-0.2, -0.15) is 0 Å². The molecule has 1 aromatic carbocycles. The molecule has 3 aliphatic rings. The van der Waals surface area contributed by atoms with E-state index < -0.39 is 5.97 Å². The largest absolute Gasteiger partial charge is 0.488 e. The fraction of sp³-hybridized carbons (Fsp3) is 0.188. The number of fused-ring (bicyclic) bond motifs is 2. The van der Waals surface area contributed by atoms with Gasteiger partial charge in [-0.05, 0) is 24.1 Å². The Morgan fingerprint density at radius 1 is 1.30 bits per heavy atom. The molecule has 4 nitrogen and oxygen atoms in total. The van der Waals surface area contributed by atoms with E-state index in [2.05, 4.69) is 29.3 Å². The van der Waals surface area contributed by atoms with E-state index in [0.29, 0.717) is 5.57 Å². The summed E-state index contributed by atoms with van der Waals surface area (Å²) in [6.07, 6.45) is 11.0. The molecule has 0 radical (unpaired) electrons. The number of carboxylic acid groups (broad SMARTS) is 1. The maximum atomic E-state index is 11.1. The molecule has 100 valence electrons. The van der Waals surface area contributed by atoms with Crippen LogP contribution < -0.4 is 9.64 Å². The normalized spacial score (nSPS) is 18.0. The summed E-state index contributed by atoms with van der Waals surface area (Å²) in [7, 11) is 0. The minimum Gasteiger partial charge on any atom is -0.488 e. The van der Waals surface area contributed by atoms with E-state index in [9.17, 15) is 4.79 Å². The minimum atomic E-state index is -0.918. The first kappa shape index (κ1) is 11.3. The molecule has 4 heteroatoms. The molecule has 1 N–H and O–H groups in total. The van der Waals surface area contributed by atoms with Crippen LogP contribution in [0.3, 0.4) is 0 Å². The van der Waals surface area contributed by atoms with Gasteiger partial charge in [0.2, 0.25) is 0 Å². The molecule has 1 aromatic rings. The predicted octanol–water partition coefficient (Wildman–Crippen LogP) is 2.45. The van der Waals surface area contributed by atoms with Crippen LogP contribution in [0.2, 0.25) is 0 Å². The topological polar surface area (TPSA) is 49.8 Å². The zero-order valence-corrected chi connectivity index (χ0v) is 10.8. The average molecular weight is 267 g/mol. The van der Waals surface area contributed by atoms with Gasteiger partial charge in [0, 0.05) is 23.9 Å². The van der Waals surface area contributed by atoms with E-state index >= 15 is 0 Å². The molecule has 0 aliphatic carbocycles. The number of hydrogen-bond donors (Lipinski definition) is 1. The average Bonchev–Trinajstić information content (AvgIpc) is 2.47. The Morgan fingerprint density at radius 2 is 2.20 bits per heavy atom. The Bertz CT molecular complexity index is 713. The van der Waals surface area contributed by atoms with Crippen LogP contribution in [-0.2, 0) is 11.2 Å². The van der Waals surface area contributed by atoms with Gasteiger partial charge in [-0.3, -0.25) is 0 Å². The van der Waals surface area contributed by atoms with Crippen molar-refractivity contribution >= 4 is 23.8 Å².